The van der Waals surface area contributed by atoms with E-state index in [1.807, 2.05) is 53.4 Å². The first-order valence-electron chi connectivity index (χ1n) is 9.37. The molecule has 4 rings (SSSR count). The number of nitrogens with zero attached hydrogens (tertiary/aromatic N) is 2. The molecule has 0 atom stereocenters. The topological polar surface area (TPSA) is 78.5 Å². The van der Waals surface area contributed by atoms with Crippen LogP contribution in [0.25, 0.3) is 17.0 Å². The van der Waals surface area contributed by atoms with Crippen LogP contribution in [0.2, 0.25) is 0 Å². The first-order valence-corrected chi connectivity index (χ1v) is 9.37. The van der Waals surface area contributed by atoms with Crippen LogP contribution in [0.3, 0.4) is 0 Å². The summed E-state index contributed by atoms with van der Waals surface area (Å²) >= 11 is 0. The molecule has 30 heavy (non-hydrogen) atoms. The van der Waals surface area contributed by atoms with E-state index in [4.69, 9.17) is 14.0 Å². The standard InChI is InChI=1S/C23H21N3O4/c1-28-20-10-7-17(13-22(20)29-2)21-14-18(25-30-21)15-24-23(27)16-5-8-19(9-6-16)26-11-3-4-12-26/h3-14H,15H2,1-2H3,(H,24,27). The Labute approximate surface area is 173 Å². The lowest BCUT2D eigenvalue weighted by Gasteiger charge is -2.07. The summed E-state index contributed by atoms with van der Waals surface area (Å²) in [6.45, 7) is 0.259. The lowest BCUT2D eigenvalue weighted by atomic mass is 10.1. The van der Waals surface area contributed by atoms with Gasteiger partial charge in [-0.05, 0) is 54.6 Å². The quantitative estimate of drug-likeness (QED) is 0.503. The smallest absolute Gasteiger partial charge is 0.251 e. The van der Waals surface area contributed by atoms with Gasteiger partial charge in [0.1, 0.15) is 5.69 Å². The number of carbonyl (C=O) groups is 1. The number of hydrogen-bond acceptors (Lipinski definition) is 5. The molecule has 2 aromatic carbocycles. The molecule has 0 aliphatic carbocycles. The molecule has 2 heterocycles. The highest BCUT2D eigenvalue weighted by Gasteiger charge is 2.12. The normalized spacial score (nSPS) is 10.6. The number of ether oxygens (including phenoxy) is 2. The molecule has 7 nitrogen and oxygen atoms in total. The first kappa shape index (κ1) is 19.3. The Bertz CT molecular complexity index is 1130. The zero-order valence-electron chi connectivity index (χ0n) is 16.7. The molecular formula is C23H21N3O4. The minimum absolute atomic E-state index is 0.176. The zero-order chi connectivity index (χ0) is 20.9. The minimum Gasteiger partial charge on any atom is -0.493 e. The first-order chi connectivity index (χ1) is 14.7. The molecule has 1 amide bonds. The second-order valence-corrected chi connectivity index (χ2v) is 6.57. The summed E-state index contributed by atoms with van der Waals surface area (Å²) < 4.78 is 18.0. The van der Waals surface area contributed by atoms with Gasteiger partial charge in [-0.25, -0.2) is 0 Å². The molecule has 2 aromatic heterocycles. The van der Waals surface area contributed by atoms with E-state index >= 15 is 0 Å². The third-order valence-corrected chi connectivity index (χ3v) is 4.69. The van der Waals surface area contributed by atoms with E-state index in [0.717, 1.165) is 11.3 Å². The van der Waals surface area contributed by atoms with Gasteiger partial charge in [-0.1, -0.05) is 5.16 Å². The van der Waals surface area contributed by atoms with E-state index in [9.17, 15) is 4.79 Å². The molecule has 0 unspecified atom stereocenters. The van der Waals surface area contributed by atoms with Gasteiger partial charge < -0.3 is 23.9 Å². The molecule has 0 bridgehead atoms. The van der Waals surface area contributed by atoms with Gasteiger partial charge in [0.2, 0.25) is 0 Å². The maximum Gasteiger partial charge on any atom is 0.251 e. The highest BCUT2D eigenvalue weighted by atomic mass is 16.5. The molecule has 0 aliphatic heterocycles. The Morgan fingerprint density at radius 3 is 2.43 bits per heavy atom. The second-order valence-electron chi connectivity index (χ2n) is 6.57. The van der Waals surface area contributed by atoms with Gasteiger partial charge in [0.05, 0.1) is 20.8 Å². The van der Waals surface area contributed by atoms with Crippen LogP contribution in [0.1, 0.15) is 16.1 Å². The van der Waals surface area contributed by atoms with Crippen LogP contribution in [0, 0.1) is 0 Å². The van der Waals surface area contributed by atoms with Crippen molar-refractivity contribution in [3.63, 3.8) is 0 Å². The van der Waals surface area contributed by atoms with Crippen LogP contribution in [0.15, 0.2) is 77.6 Å². The molecule has 0 fully saturated rings. The lowest BCUT2D eigenvalue weighted by molar-refractivity contribution is 0.0950. The molecule has 0 saturated carbocycles. The van der Waals surface area contributed by atoms with Gasteiger partial charge in [0, 0.05) is 35.3 Å². The van der Waals surface area contributed by atoms with Crippen molar-refractivity contribution in [2.75, 3.05) is 14.2 Å². The SMILES string of the molecule is COc1ccc(-c2cc(CNC(=O)c3ccc(-n4cccc4)cc3)no2)cc1OC. The Morgan fingerprint density at radius 1 is 1.00 bits per heavy atom. The predicted molar refractivity (Wildman–Crippen MR) is 112 cm³/mol. The second kappa shape index (κ2) is 8.57. The number of nitrogens with one attached hydrogen (secondary N) is 1. The van der Waals surface area contributed by atoms with Gasteiger partial charge >= 0.3 is 0 Å². The number of hydrogen-bond donors (Lipinski definition) is 1. The Balaban J connectivity index is 1.40. The summed E-state index contributed by atoms with van der Waals surface area (Å²) in [7, 11) is 3.16. The number of methoxy groups -OCH3 is 2. The van der Waals surface area contributed by atoms with Crippen molar-refractivity contribution in [3.8, 4) is 28.5 Å². The van der Waals surface area contributed by atoms with Crippen molar-refractivity contribution in [2.24, 2.45) is 0 Å². The third kappa shape index (κ3) is 4.05. The fourth-order valence-electron chi connectivity index (χ4n) is 3.09. The number of rotatable bonds is 7. The summed E-state index contributed by atoms with van der Waals surface area (Å²) in [6.07, 6.45) is 3.91. The van der Waals surface area contributed by atoms with Gasteiger partial charge in [-0.2, -0.15) is 0 Å². The van der Waals surface area contributed by atoms with Crippen molar-refractivity contribution in [1.29, 1.82) is 0 Å². The number of benzene rings is 2. The van der Waals surface area contributed by atoms with Crippen LogP contribution in [0.4, 0.5) is 0 Å². The van der Waals surface area contributed by atoms with Gasteiger partial charge in [0.15, 0.2) is 17.3 Å². The van der Waals surface area contributed by atoms with Crippen LogP contribution in [-0.4, -0.2) is 29.9 Å². The molecule has 1 N–H and O–H groups in total. The summed E-state index contributed by atoms with van der Waals surface area (Å²) in [6, 6.07) is 18.6. The van der Waals surface area contributed by atoms with Gasteiger partial charge in [-0.3, -0.25) is 4.79 Å². The van der Waals surface area contributed by atoms with Crippen molar-refractivity contribution in [2.45, 2.75) is 6.54 Å². The molecule has 7 heteroatoms. The summed E-state index contributed by atoms with van der Waals surface area (Å²) in [5, 5.41) is 6.90. The maximum absolute atomic E-state index is 12.4. The highest BCUT2D eigenvalue weighted by molar-refractivity contribution is 5.94. The van der Waals surface area contributed by atoms with Gasteiger partial charge in [-0.15, -0.1) is 0 Å². The van der Waals surface area contributed by atoms with Crippen molar-refractivity contribution in [1.82, 2.24) is 15.0 Å². The lowest BCUT2D eigenvalue weighted by Crippen LogP contribution is -2.22. The van der Waals surface area contributed by atoms with Crippen LogP contribution < -0.4 is 14.8 Å². The largest absolute Gasteiger partial charge is 0.493 e. The highest BCUT2D eigenvalue weighted by Crippen LogP contribution is 2.32. The molecule has 0 spiro atoms. The summed E-state index contributed by atoms with van der Waals surface area (Å²) in [4.78, 5) is 12.4. The summed E-state index contributed by atoms with van der Waals surface area (Å²) in [5.74, 6) is 1.64. The Kier molecular flexibility index (Phi) is 5.52. The van der Waals surface area contributed by atoms with Crippen LogP contribution in [-0.2, 0) is 6.54 Å². The maximum atomic E-state index is 12.4. The molecule has 0 aliphatic rings. The molecule has 0 radical (unpaired) electrons. The monoisotopic (exact) mass is 403 g/mol. The number of amides is 1. The minimum atomic E-state index is -0.176. The van der Waals surface area contributed by atoms with E-state index in [1.54, 1.807) is 38.5 Å². The summed E-state index contributed by atoms with van der Waals surface area (Å²) in [5.41, 5.74) is 3.00. The van der Waals surface area contributed by atoms with Gasteiger partial charge in [0.25, 0.3) is 5.91 Å². The van der Waals surface area contributed by atoms with E-state index in [1.165, 1.54) is 0 Å². The van der Waals surface area contributed by atoms with E-state index in [-0.39, 0.29) is 12.5 Å². The average molecular weight is 403 g/mol. The Morgan fingerprint density at radius 2 is 1.73 bits per heavy atom. The van der Waals surface area contributed by atoms with Crippen molar-refractivity contribution < 1.29 is 18.8 Å². The van der Waals surface area contributed by atoms with Crippen molar-refractivity contribution in [3.05, 3.63) is 84.3 Å². The molecule has 152 valence electrons. The fourth-order valence-corrected chi connectivity index (χ4v) is 3.09. The third-order valence-electron chi connectivity index (χ3n) is 4.69. The van der Waals surface area contributed by atoms with Crippen LogP contribution >= 0.6 is 0 Å². The fraction of sp³-hybridized carbons (Fsp3) is 0.130. The predicted octanol–water partition coefficient (Wildman–Crippen LogP) is 4.08. The molecule has 0 saturated heterocycles. The molecular weight excluding hydrogens is 382 g/mol. The Hall–Kier alpha value is -4.00. The molecule has 4 aromatic rings. The van der Waals surface area contributed by atoms with Crippen molar-refractivity contribution >= 4 is 5.91 Å². The van der Waals surface area contributed by atoms with Crippen LogP contribution in [0.5, 0.6) is 11.5 Å². The van der Waals surface area contributed by atoms with E-state index in [2.05, 4.69) is 10.5 Å². The average Bonchev–Trinajstić information content (AvgIpc) is 3.49. The number of aromatic nitrogens is 2. The number of carbonyl (C=O) groups excluding carboxylic acids is 1. The zero-order valence-corrected chi connectivity index (χ0v) is 16.7. The van der Waals surface area contributed by atoms with E-state index < -0.39 is 0 Å². The van der Waals surface area contributed by atoms with E-state index in [0.29, 0.717) is 28.5 Å².